The highest BCUT2D eigenvalue weighted by Gasteiger charge is 2.32. The molecule has 0 atom stereocenters. The van der Waals surface area contributed by atoms with Crippen LogP contribution in [-0.2, 0) is 4.74 Å². The molecule has 0 aromatic heterocycles. The number of hydrogen-bond acceptors (Lipinski definition) is 5. The molecule has 0 spiro atoms. The summed E-state index contributed by atoms with van der Waals surface area (Å²) in [4.78, 5) is 13.7. The lowest BCUT2D eigenvalue weighted by Crippen LogP contribution is -2.40. The summed E-state index contributed by atoms with van der Waals surface area (Å²) in [7, 11) is 0. The number of ether oxygens (including phenoxy) is 3. The third-order valence-corrected chi connectivity index (χ3v) is 4.34. The molecule has 0 bridgehead atoms. The zero-order chi connectivity index (χ0) is 19.9. The molecule has 1 saturated heterocycles. The zero-order valence-electron chi connectivity index (χ0n) is 15.7. The van der Waals surface area contributed by atoms with Gasteiger partial charge >= 0.3 is 12.1 Å². The van der Waals surface area contributed by atoms with Crippen molar-refractivity contribution in [3.05, 3.63) is 23.8 Å². The van der Waals surface area contributed by atoms with Crippen LogP contribution >= 0.6 is 0 Å². The predicted octanol–water partition coefficient (Wildman–Crippen LogP) is 3.92. The van der Waals surface area contributed by atoms with Crippen LogP contribution in [0.5, 0.6) is 11.5 Å². The average molecular weight is 389 g/mol. The van der Waals surface area contributed by atoms with Crippen LogP contribution in [0.3, 0.4) is 0 Å². The Kier molecular flexibility index (Phi) is 7.77. The normalized spacial score (nSPS) is 16.2. The Labute approximate surface area is 157 Å². The van der Waals surface area contributed by atoms with Gasteiger partial charge in [-0.1, -0.05) is 0 Å². The fourth-order valence-corrected chi connectivity index (χ4v) is 3.02. The van der Waals surface area contributed by atoms with Gasteiger partial charge in [-0.05, 0) is 63.9 Å². The summed E-state index contributed by atoms with van der Waals surface area (Å²) in [5.74, 6) is 0.645. The Hall–Kier alpha value is -1.96. The number of halogens is 3. The van der Waals surface area contributed by atoms with Gasteiger partial charge in [0.1, 0.15) is 0 Å². The van der Waals surface area contributed by atoms with Crippen molar-refractivity contribution in [1.29, 1.82) is 0 Å². The molecule has 1 fully saturated rings. The molecule has 0 saturated carbocycles. The second-order valence-corrected chi connectivity index (χ2v) is 6.46. The van der Waals surface area contributed by atoms with Crippen molar-refractivity contribution >= 4 is 5.97 Å². The van der Waals surface area contributed by atoms with E-state index in [2.05, 4.69) is 0 Å². The Balaban J connectivity index is 1.85. The van der Waals surface area contributed by atoms with Crippen LogP contribution in [0, 0.1) is 5.92 Å². The van der Waals surface area contributed by atoms with Crippen molar-refractivity contribution in [3.63, 3.8) is 0 Å². The van der Waals surface area contributed by atoms with Crippen molar-refractivity contribution < 1.29 is 32.2 Å². The quantitative estimate of drug-likeness (QED) is 0.631. The van der Waals surface area contributed by atoms with E-state index in [0.717, 1.165) is 0 Å². The lowest BCUT2D eigenvalue weighted by Gasteiger charge is -2.32. The molecule has 2 rings (SSSR count). The highest BCUT2D eigenvalue weighted by Crippen LogP contribution is 2.29. The molecule has 1 aliphatic heterocycles. The van der Waals surface area contributed by atoms with E-state index in [0.29, 0.717) is 56.2 Å². The molecular formula is C19H26F3NO4. The van der Waals surface area contributed by atoms with Crippen LogP contribution in [0.1, 0.15) is 37.0 Å². The molecule has 1 heterocycles. The highest BCUT2D eigenvalue weighted by atomic mass is 19.4. The number of esters is 1. The van der Waals surface area contributed by atoms with Gasteiger partial charge in [-0.25, -0.2) is 4.79 Å². The van der Waals surface area contributed by atoms with Crippen molar-refractivity contribution in [2.75, 3.05) is 39.5 Å². The average Bonchev–Trinajstić information content (AvgIpc) is 2.61. The number of nitrogens with zero attached hydrogens (tertiary/aromatic N) is 1. The van der Waals surface area contributed by atoms with Gasteiger partial charge in [0.05, 0.1) is 31.9 Å². The number of benzene rings is 1. The Bertz CT molecular complexity index is 613. The molecule has 1 aromatic carbocycles. The second kappa shape index (κ2) is 9.82. The molecule has 1 aliphatic rings. The summed E-state index contributed by atoms with van der Waals surface area (Å²) in [6.07, 6.45) is -3.01. The number of alkyl halides is 3. The van der Waals surface area contributed by atoms with Crippen molar-refractivity contribution in [1.82, 2.24) is 4.90 Å². The molecule has 5 nitrogen and oxygen atoms in total. The maximum atomic E-state index is 12.4. The second-order valence-electron chi connectivity index (χ2n) is 6.46. The zero-order valence-corrected chi connectivity index (χ0v) is 15.7. The minimum absolute atomic E-state index is 0.0764. The molecule has 0 aliphatic carbocycles. The van der Waals surface area contributed by atoms with Gasteiger partial charge in [-0.15, -0.1) is 0 Å². The number of rotatable bonds is 8. The molecule has 0 amide bonds. The minimum Gasteiger partial charge on any atom is -0.490 e. The van der Waals surface area contributed by atoms with E-state index < -0.39 is 18.7 Å². The topological polar surface area (TPSA) is 48.0 Å². The first-order valence-corrected chi connectivity index (χ1v) is 9.18. The van der Waals surface area contributed by atoms with E-state index in [-0.39, 0.29) is 12.5 Å². The molecule has 0 unspecified atom stereocenters. The molecule has 8 heteroatoms. The number of likely N-dealkylation sites (tertiary alicyclic amines) is 1. The van der Waals surface area contributed by atoms with E-state index in [1.54, 1.807) is 18.2 Å². The maximum absolute atomic E-state index is 12.4. The smallest absolute Gasteiger partial charge is 0.401 e. The van der Waals surface area contributed by atoms with Gasteiger partial charge in [-0.3, -0.25) is 4.90 Å². The Morgan fingerprint density at radius 1 is 1.11 bits per heavy atom. The predicted molar refractivity (Wildman–Crippen MR) is 94.3 cm³/mol. The van der Waals surface area contributed by atoms with E-state index in [1.807, 2.05) is 13.8 Å². The first kappa shape index (κ1) is 21.3. The van der Waals surface area contributed by atoms with Gasteiger partial charge in [0.25, 0.3) is 0 Å². The summed E-state index contributed by atoms with van der Waals surface area (Å²) >= 11 is 0. The third-order valence-electron chi connectivity index (χ3n) is 4.34. The largest absolute Gasteiger partial charge is 0.490 e. The summed E-state index contributed by atoms with van der Waals surface area (Å²) in [5.41, 5.74) is 0.358. The molecular weight excluding hydrogens is 363 g/mol. The van der Waals surface area contributed by atoms with Crippen LogP contribution < -0.4 is 9.47 Å². The first-order valence-electron chi connectivity index (χ1n) is 9.18. The van der Waals surface area contributed by atoms with E-state index in [9.17, 15) is 18.0 Å². The van der Waals surface area contributed by atoms with Crippen molar-refractivity contribution in [3.8, 4) is 11.5 Å². The third kappa shape index (κ3) is 6.93. The van der Waals surface area contributed by atoms with E-state index in [4.69, 9.17) is 14.2 Å². The monoisotopic (exact) mass is 389 g/mol. The van der Waals surface area contributed by atoms with Gasteiger partial charge < -0.3 is 14.2 Å². The summed E-state index contributed by atoms with van der Waals surface area (Å²) in [5, 5.41) is 0. The molecule has 0 N–H and O–H groups in total. The van der Waals surface area contributed by atoms with Crippen LogP contribution in [0.15, 0.2) is 18.2 Å². The lowest BCUT2D eigenvalue weighted by molar-refractivity contribution is -0.148. The van der Waals surface area contributed by atoms with Gasteiger partial charge in [0.15, 0.2) is 11.5 Å². The number of piperidine rings is 1. The SMILES string of the molecule is CCOc1ccc(C(=O)OCC2CCN(CC(F)(F)F)CC2)cc1OCC. The first-order chi connectivity index (χ1) is 12.8. The van der Waals surface area contributed by atoms with Crippen LogP contribution in [-0.4, -0.2) is 56.5 Å². The van der Waals surface area contributed by atoms with Crippen LogP contribution in [0.2, 0.25) is 0 Å². The number of carbonyl (C=O) groups excluding carboxylic acids is 1. The standard InChI is InChI=1S/C19H26F3NO4/c1-3-25-16-6-5-15(11-17(16)26-4-2)18(24)27-12-14-7-9-23(10-8-14)13-19(20,21)22/h5-6,11,14H,3-4,7-10,12-13H2,1-2H3. The Morgan fingerprint density at radius 3 is 2.33 bits per heavy atom. The lowest BCUT2D eigenvalue weighted by atomic mass is 9.98. The highest BCUT2D eigenvalue weighted by molar-refractivity contribution is 5.90. The summed E-state index contributed by atoms with van der Waals surface area (Å²) < 4.78 is 53.6. The molecule has 27 heavy (non-hydrogen) atoms. The molecule has 1 aromatic rings. The van der Waals surface area contributed by atoms with Gasteiger partial charge in [-0.2, -0.15) is 13.2 Å². The fraction of sp³-hybridized carbons (Fsp3) is 0.632. The van der Waals surface area contributed by atoms with E-state index in [1.165, 1.54) is 4.90 Å². The minimum atomic E-state index is -4.18. The Morgan fingerprint density at radius 2 is 1.74 bits per heavy atom. The van der Waals surface area contributed by atoms with Gasteiger partial charge in [0.2, 0.25) is 0 Å². The van der Waals surface area contributed by atoms with E-state index >= 15 is 0 Å². The van der Waals surface area contributed by atoms with Crippen molar-refractivity contribution in [2.45, 2.75) is 32.9 Å². The number of hydrogen-bond donors (Lipinski definition) is 0. The maximum Gasteiger partial charge on any atom is 0.401 e. The summed E-state index contributed by atoms with van der Waals surface area (Å²) in [6.45, 7) is 4.66. The van der Waals surface area contributed by atoms with Crippen LogP contribution in [0.25, 0.3) is 0 Å². The fourth-order valence-electron chi connectivity index (χ4n) is 3.02. The molecule has 152 valence electrons. The van der Waals surface area contributed by atoms with Crippen LogP contribution in [0.4, 0.5) is 13.2 Å². The van der Waals surface area contributed by atoms with Gasteiger partial charge in [0, 0.05) is 0 Å². The number of carbonyl (C=O) groups is 1. The summed E-state index contributed by atoms with van der Waals surface area (Å²) in [6, 6.07) is 4.87. The van der Waals surface area contributed by atoms with Crippen molar-refractivity contribution in [2.24, 2.45) is 5.92 Å². The molecule has 0 radical (unpaired) electrons.